The van der Waals surface area contributed by atoms with E-state index in [1.54, 1.807) is 6.20 Å². The summed E-state index contributed by atoms with van der Waals surface area (Å²) in [6, 6.07) is 20.7. The number of ether oxygens (including phenoxy) is 1. The second-order valence-corrected chi connectivity index (χ2v) is 12.7. The predicted octanol–water partition coefficient (Wildman–Crippen LogP) is 7.17. The smallest absolute Gasteiger partial charge is 0.408 e. The van der Waals surface area contributed by atoms with Gasteiger partial charge in [-0.25, -0.2) is 4.79 Å². The molecular formula is C34H42N4O3. The average Bonchev–Trinajstić information content (AvgIpc) is 2.92. The van der Waals surface area contributed by atoms with Crippen LogP contribution in [0.3, 0.4) is 0 Å². The van der Waals surface area contributed by atoms with E-state index in [1.165, 1.54) is 0 Å². The predicted molar refractivity (Wildman–Crippen MR) is 163 cm³/mol. The van der Waals surface area contributed by atoms with Crippen molar-refractivity contribution in [2.24, 2.45) is 11.7 Å². The molecule has 0 atom stereocenters. The van der Waals surface area contributed by atoms with E-state index in [4.69, 9.17) is 15.5 Å². The van der Waals surface area contributed by atoms with Gasteiger partial charge in [0.2, 0.25) is 5.91 Å². The zero-order valence-electron chi connectivity index (χ0n) is 24.4. The van der Waals surface area contributed by atoms with Crippen LogP contribution >= 0.6 is 0 Å². The van der Waals surface area contributed by atoms with Gasteiger partial charge in [-0.15, -0.1) is 0 Å². The molecule has 7 nitrogen and oxygen atoms in total. The van der Waals surface area contributed by atoms with E-state index in [1.807, 2.05) is 45.0 Å². The Morgan fingerprint density at radius 1 is 0.976 bits per heavy atom. The quantitative estimate of drug-likeness (QED) is 0.287. The number of hydrogen-bond acceptors (Lipinski definition) is 5. The molecule has 2 aliphatic carbocycles. The third-order valence-corrected chi connectivity index (χ3v) is 8.28. The van der Waals surface area contributed by atoms with Crippen molar-refractivity contribution >= 4 is 17.7 Å². The maximum absolute atomic E-state index is 12.9. The molecule has 5 rings (SSSR count). The molecule has 0 spiro atoms. The molecule has 1 heterocycles. The summed E-state index contributed by atoms with van der Waals surface area (Å²) in [4.78, 5) is 30.3. The summed E-state index contributed by atoms with van der Waals surface area (Å²) in [7, 11) is 0. The first-order valence-corrected chi connectivity index (χ1v) is 14.8. The largest absolute Gasteiger partial charge is 0.444 e. The monoisotopic (exact) mass is 554 g/mol. The van der Waals surface area contributed by atoms with E-state index >= 15 is 0 Å². The number of aromatic nitrogens is 1. The van der Waals surface area contributed by atoms with Crippen molar-refractivity contribution in [3.63, 3.8) is 0 Å². The SMILES string of the molecule is CC(C)(C)OC(=O)NC1(c2ccc(-c3ncc(NC(=O)CC4CCC(N)CC4)cc3-c3ccccc3)cc2)CCC1. The van der Waals surface area contributed by atoms with E-state index in [-0.39, 0.29) is 18.0 Å². The molecule has 0 radical (unpaired) electrons. The maximum atomic E-state index is 12.9. The molecule has 2 saturated carbocycles. The molecule has 216 valence electrons. The molecule has 0 aliphatic heterocycles. The van der Waals surface area contributed by atoms with E-state index in [0.717, 1.165) is 72.9 Å². The van der Waals surface area contributed by atoms with Gasteiger partial charge in [-0.2, -0.15) is 0 Å². The lowest BCUT2D eigenvalue weighted by Gasteiger charge is -2.43. The van der Waals surface area contributed by atoms with Crippen LogP contribution in [-0.4, -0.2) is 28.6 Å². The minimum absolute atomic E-state index is 0.0201. The normalized spacial score (nSPS) is 20.0. The molecule has 0 unspecified atom stereocenters. The van der Waals surface area contributed by atoms with Crippen LogP contribution in [0.15, 0.2) is 66.9 Å². The first kappa shape index (κ1) is 28.8. The number of hydrogen-bond donors (Lipinski definition) is 3. The number of pyridine rings is 1. The Labute approximate surface area is 243 Å². The third kappa shape index (κ3) is 7.14. The molecule has 2 fully saturated rings. The molecule has 41 heavy (non-hydrogen) atoms. The summed E-state index contributed by atoms with van der Waals surface area (Å²) in [6.45, 7) is 5.61. The van der Waals surface area contributed by atoms with E-state index < -0.39 is 11.1 Å². The van der Waals surface area contributed by atoms with E-state index in [9.17, 15) is 9.59 Å². The Balaban J connectivity index is 1.36. The van der Waals surface area contributed by atoms with Gasteiger partial charge in [-0.3, -0.25) is 9.78 Å². The van der Waals surface area contributed by atoms with Crippen LogP contribution in [0.2, 0.25) is 0 Å². The van der Waals surface area contributed by atoms with Gasteiger partial charge in [-0.05, 0) is 88.8 Å². The van der Waals surface area contributed by atoms with Crippen LogP contribution in [0, 0.1) is 5.92 Å². The fourth-order valence-corrected chi connectivity index (χ4v) is 5.93. The number of nitrogens with zero attached hydrogens (tertiary/aromatic N) is 1. The fraction of sp³-hybridized carbons (Fsp3) is 0.441. The van der Waals surface area contributed by atoms with E-state index in [0.29, 0.717) is 18.0 Å². The highest BCUT2D eigenvalue weighted by molar-refractivity contribution is 5.93. The number of nitrogens with two attached hydrogens (primary N) is 1. The Hall–Kier alpha value is -3.71. The molecule has 1 aromatic heterocycles. The second kappa shape index (κ2) is 12.0. The lowest BCUT2D eigenvalue weighted by atomic mass is 9.71. The molecule has 0 saturated heterocycles. The Kier molecular flexibility index (Phi) is 8.45. The Bertz CT molecular complexity index is 1350. The van der Waals surface area contributed by atoms with Gasteiger partial charge in [0.25, 0.3) is 0 Å². The first-order valence-electron chi connectivity index (χ1n) is 14.8. The molecule has 2 aromatic carbocycles. The van der Waals surface area contributed by atoms with Crippen LogP contribution < -0.4 is 16.4 Å². The van der Waals surface area contributed by atoms with E-state index in [2.05, 4.69) is 47.0 Å². The number of carbonyl (C=O) groups excluding carboxylic acids is 2. The highest BCUT2D eigenvalue weighted by Gasteiger charge is 2.41. The number of alkyl carbamates (subject to hydrolysis) is 1. The summed E-state index contributed by atoms with van der Waals surface area (Å²) in [6.07, 6.45) is 8.65. The summed E-state index contributed by atoms with van der Waals surface area (Å²) < 4.78 is 5.54. The molecule has 2 aliphatic rings. The van der Waals surface area contributed by atoms with Crippen molar-refractivity contribution in [1.29, 1.82) is 0 Å². The van der Waals surface area contributed by atoms with Gasteiger partial charge in [-0.1, -0.05) is 54.6 Å². The van der Waals surface area contributed by atoms with Gasteiger partial charge in [0.1, 0.15) is 5.60 Å². The Morgan fingerprint density at radius 2 is 1.66 bits per heavy atom. The van der Waals surface area contributed by atoms with Crippen LogP contribution in [0.25, 0.3) is 22.4 Å². The van der Waals surface area contributed by atoms with Crippen LogP contribution in [0.4, 0.5) is 10.5 Å². The Morgan fingerprint density at radius 3 is 2.27 bits per heavy atom. The molecule has 0 bridgehead atoms. The average molecular weight is 555 g/mol. The molecule has 3 aromatic rings. The van der Waals surface area contributed by atoms with Crippen molar-refractivity contribution in [2.45, 2.75) is 89.3 Å². The number of rotatable bonds is 7. The number of carbonyl (C=O) groups is 2. The van der Waals surface area contributed by atoms with Crippen molar-refractivity contribution in [1.82, 2.24) is 10.3 Å². The van der Waals surface area contributed by atoms with Crippen LogP contribution in [0.1, 0.15) is 77.7 Å². The zero-order valence-corrected chi connectivity index (χ0v) is 24.4. The summed E-state index contributed by atoms with van der Waals surface area (Å²) >= 11 is 0. The highest BCUT2D eigenvalue weighted by Crippen LogP contribution is 2.42. The first-order chi connectivity index (χ1) is 19.6. The third-order valence-electron chi connectivity index (χ3n) is 8.28. The van der Waals surface area contributed by atoms with Crippen molar-refractivity contribution in [2.75, 3.05) is 5.32 Å². The zero-order chi connectivity index (χ0) is 29.0. The second-order valence-electron chi connectivity index (χ2n) is 12.7. The topological polar surface area (TPSA) is 106 Å². The fourth-order valence-electron chi connectivity index (χ4n) is 5.93. The molecular weight excluding hydrogens is 512 g/mol. The minimum atomic E-state index is -0.548. The maximum Gasteiger partial charge on any atom is 0.408 e. The van der Waals surface area contributed by atoms with Crippen molar-refractivity contribution in [3.8, 4) is 22.4 Å². The number of nitrogens with one attached hydrogen (secondary N) is 2. The minimum Gasteiger partial charge on any atom is -0.444 e. The number of benzene rings is 2. The van der Waals surface area contributed by atoms with Gasteiger partial charge in [0.05, 0.1) is 23.1 Å². The van der Waals surface area contributed by atoms with Crippen molar-refractivity contribution in [3.05, 3.63) is 72.4 Å². The van der Waals surface area contributed by atoms with Crippen LogP contribution in [0.5, 0.6) is 0 Å². The van der Waals surface area contributed by atoms with Crippen LogP contribution in [-0.2, 0) is 15.1 Å². The highest BCUT2D eigenvalue weighted by atomic mass is 16.6. The van der Waals surface area contributed by atoms with Gasteiger partial charge < -0.3 is 21.1 Å². The number of anilines is 1. The number of amides is 2. The summed E-state index contributed by atoms with van der Waals surface area (Å²) in [5.41, 5.74) is 10.6. The molecule has 4 N–H and O–H groups in total. The lowest BCUT2D eigenvalue weighted by molar-refractivity contribution is -0.117. The van der Waals surface area contributed by atoms with Gasteiger partial charge >= 0.3 is 6.09 Å². The summed E-state index contributed by atoms with van der Waals surface area (Å²) in [5.74, 6) is 0.407. The van der Waals surface area contributed by atoms with Gasteiger partial charge in [0, 0.05) is 23.6 Å². The molecule has 2 amide bonds. The standard InChI is InChI=1S/C34H42N4O3/c1-33(2,3)41-32(40)38-34(18-7-19-34)26-14-12-25(13-15-26)31-29(24-8-5-4-6-9-24)21-28(22-36-31)37-30(39)20-23-10-16-27(35)17-11-23/h4-6,8-9,12-15,21-23,27H,7,10-11,16-20,35H2,1-3H3,(H,37,39)(H,38,40). The lowest BCUT2D eigenvalue weighted by Crippen LogP contribution is -2.52. The van der Waals surface area contributed by atoms with Gasteiger partial charge in [0.15, 0.2) is 0 Å². The van der Waals surface area contributed by atoms with Crippen molar-refractivity contribution < 1.29 is 14.3 Å². The molecule has 7 heteroatoms. The summed E-state index contributed by atoms with van der Waals surface area (Å²) in [5, 5.41) is 6.22.